The van der Waals surface area contributed by atoms with E-state index in [4.69, 9.17) is 28.9 Å². The quantitative estimate of drug-likeness (QED) is 0.729. The molecule has 0 saturated carbocycles. The molecular formula is C16H15Cl2N5O. The van der Waals surface area contributed by atoms with Gasteiger partial charge in [-0.15, -0.1) is 10.2 Å². The molecule has 0 aliphatic carbocycles. The lowest BCUT2D eigenvalue weighted by atomic mass is 10.1. The van der Waals surface area contributed by atoms with E-state index in [0.29, 0.717) is 17.4 Å². The minimum absolute atomic E-state index is 0.125. The van der Waals surface area contributed by atoms with E-state index in [-0.39, 0.29) is 10.7 Å². The van der Waals surface area contributed by atoms with Gasteiger partial charge in [0.05, 0.1) is 5.56 Å². The molecule has 0 aliphatic heterocycles. The maximum Gasteiger partial charge on any atom is 0.252 e. The first-order chi connectivity index (χ1) is 11.5. The molecule has 0 fully saturated rings. The van der Waals surface area contributed by atoms with E-state index in [1.807, 2.05) is 29.8 Å². The van der Waals surface area contributed by atoms with Crippen LogP contribution in [0.5, 0.6) is 0 Å². The molecule has 0 bridgehead atoms. The van der Waals surface area contributed by atoms with E-state index in [2.05, 4.69) is 21.7 Å². The number of hydrogen-bond acceptors (Lipinski definition) is 4. The van der Waals surface area contributed by atoms with Crippen molar-refractivity contribution < 1.29 is 4.79 Å². The molecule has 24 heavy (non-hydrogen) atoms. The van der Waals surface area contributed by atoms with Crippen LogP contribution in [0.4, 0.5) is 5.82 Å². The Morgan fingerprint density at radius 1 is 1.29 bits per heavy atom. The summed E-state index contributed by atoms with van der Waals surface area (Å²) in [5.74, 6) is -0.274. The van der Waals surface area contributed by atoms with Crippen LogP contribution in [0.3, 0.4) is 0 Å². The van der Waals surface area contributed by atoms with Gasteiger partial charge >= 0.3 is 0 Å². The highest BCUT2D eigenvalue weighted by molar-refractivity contribution is 6.31. The number of nitrogens with zero attached hydrogens (tertiary/aromatic N) is 3. The Bertz CT molecular complexity index is 922. The normalized spacial score (nSPS) is 11.0. The topological polar surface area (TPSA) is 85.8 Å². The third-order valence-corrected chi connectivity index (χ3v) is 4.17. The van der Waals surface area contributed by atoms with Gasteiger partial charge in [-0.25, -0.2) is 0 Å². The van der Waals surface area contributed by atoms with Crippen molar-refractivity contribution in [3.63, 3.8) is 0 Å². The van der Waals surface area contributed by atoms with Gasteiger partial charge in [0.15, 0.2) is 11.0 Å². The molecule has 8 heteroatoms. The van der Waals surface area contributed by atoms with Gasteiger partial charge in [0, 0.05) is 35.7 Å². The van der Waals surface area contributed by atoms with Gasteiger partial charge in [-0.2, -0.15) is 0 Å². The number of aryl methyl sites for hydroxylation is 1. The minimum Gasteiger partial charge on any atom is -0.368 e. The molecule has 0 spiro atoms. The molecule has 2 heterocycles. The zero-order valence-corrected chi connectivity index (χ0v) is 14.4. The summed E-state index contributed by atoms with van der Waals surface area (Å²) in [5, 5.41) is 12.7. The third-order valence-electron chi connectivity index (χ3n) is 3.75. The van der Waals surface area contributed by atoms with Crippen LogP contribution in [0, 0.1) is 0 Å². The van der Waals surface area contributed by atoms with Crippen molar-refractivity contribution in [3.05, 3.63) is 51.8 Å². The highest BCUT2D eigenvalue weighted by Crippen LogP contribution is 2.24. The summed E-state index contributed by atoms with van der Waals surface area (Å²) in [6, 6.07) is 7.21. The van der Waals surface area contributed by atoms with Crippen molar-refractivity contribution in [2.45, 2.75) is 6.42 Å². The number of carbonyl (C=O) groups is 1. The third kappa shape index (κ3) is 3.29. The number of amides is 1. The minimum atomic E-state index is -0.603. The molecule has 3 N–H and O–H groups in total. The first-order valence-corrected chi connectivity index (χ1v) is 8.01. The van der Waals surface area contributed by atoms with Crippen molar-refractivity contribution in [2.75, 3.05) is 11.9 Å². The van der Waals surface area contributed by atoms with Crippen LogP contribution in [0.25, 0.3) is 10.9 Å². The Morgan fingerprint density at radius 3 is 2.83 bits per heavy atom. The van der Waals surface area contributed by atoms with Crippen LogP contribution in [0.1, 0.15) is 15.9 Å². The number of anilines is 1. The lowest BCUT2D eigenvalue weighted by Gasteiger charge is -2.08. The van der Waals surface area contributed by atoms with E-state index in [1.54, 1.807) is 0 Å². The number of rotatable bonds is 5. The van der Waals surface area contributed by atoms with Gasteiger partial charge in [0.1, 0.15) is 0 Å². The number of carbonyl (C=O) groups excluding carboxylic acids is 1. The molecule has 0 saturated heterocycles. The molecule has 0 unspecified atom stereocenters. The van der Waals surface area contributed by atoms with Crippen molar-refractivity contribution in [1.29, 1.82) is 0 Å². The van der Waals surface area contributed by atoms with Gasteiger partial charge in [-0.3, -0.25) is 4.79 Å². The number of nitrogens with one attached hydrogen (secondary N) is 1. The van der Waals surface area contributed by atoms with Gasteiger partial charge in [0.2, 0.25) is 0 Å². The van der Waals surface area contributed by atoms with Crippen molar-refractivity contribution in [1.82, 2.24) is 14.8 Å². The second-order valence-electron chi connectivity index (χ2n) is 5.40. The maximum atomic E-state index is 11.5. The molecule has 3 aromatic rings. The zero-order chi connectivity index (χ0) is 17.3. The van der Waals surface area contributed by atoms with Crippen molar-refractivity contribution in [2.24, 2.45) is 12.8 Å². The molecule has 0 radical (unpaired) electrons. The summed E-state index contributed by atoms with van der Waals surface area (Å²) in [6.45, 7) is 0.568. The molecule has 124 valence electrons. The Morgan fingerprint density at radius 2 is 2.08 bits per heavy atom. The summed E-state index contributed by atoms with van der Waals surface area (Å²) in [4.78, 5) is 11.5. The first-order valence-electron chi connectivity index (χ1n) is 7.26. The molecule has 2 aromatic heterocycles. The lowest BCUT2D eigenvalue weighted by Crippen LogP contribution is -2.17. The summed E-state index contributed by atoms with van der Waals surface area (Å²) < 4.78 is 2.04. The second kappa shape index (κ2) is 6.67. The van der Waals surface area contributed by atoms with Crippen molar-refractivity contribution in [3.8, 4) is 0 Å². The number of fused-ring (bicyclic) bond motifs is 1. The highest BCUT2D eigenvalue weighted by Gasteiger charge is 2.12. The van der Waals surface area contributed by atoms with Gasteiger partial charge in [-0.05, 0) is 30.2 Å². The Kier molecular flexibility index (Phi) is 4.59. The van der Waals surface area contributed by atoms with Crippen LogP contribution in [-0.4, -0.2) is 27.2 Å². The monoisotopic (exact) mass is 363 g/mol. The molecule has 6 nitrogen and oxygen atoms in total. The zero-order valence-electron chi connectivity index (χ0n) is 12.9. The summed E-state index contributed by atoms with van der Waals surface area (Å²) in [5.41, 5.74) is 7.80. The molecule has 1 amide bonds. The van der Waals surface area contributed by atoms with E-state index in [1.165, 1.54) is 11.6 Å². The SMILES string of the molecule is Cn1cc(CCNc2nnc(Cl)cc2C(N)=O)c2ccc(Cl)cc21. The Hall–Kier alpha value is -2.31. The van der Waals surface area contributed by atoms with E-state index >= 15 is 0 Å². The van der Waals surface area contributed by atoms with Crippen LogP contribution in [0.15, 0.2) is 30.5 Å². The molecule has 1 aromatic carbocycles. The van der Waals surface area contributed by atoms with Gasteiger partial charge in [-0.1, -0.05) is 29.3 Å². The van der Waals surface area contributed by atoms with Gasteiger partial charge in [0.25, 0.3) is 5.91 Å². The highest BCUT2D eigenvalue weighted by atomic mass is 35.5. The van der Waals surface area contributed by atoms with Crippen LogP contribution >= 0.6 is 23.2 Å². The maximum absolute atomic E-state index is 11.5. The van der Waals surface area contributed by atoms with Gasteiger partial charge < -0.3 is 15.6 Å². The second-order valence-corrected chi connectivity index (χ2v) is 6.22. The van der Waals surface area contributed by atoms with Crippen LogP contribution < -0.4 is 11.1 Å². The van der Waals surface area contributed by atoms with Crippen LogP contribution in [-0.2, 0) is 13.5 Å². The molecular weight excluding hydrogens is 349 g/mol. The van der Waals surface area contributed by atoms with E-state index < -0.39 is 5.91 Å². The molecule has 3 rings (SSSR count). The van der Waals surface area contributed by atoms with Crippen molar-refractivity contribution >= 4 is 45.8 Å². The van der Waals surface area contributed by atoms with E-state index in [9.17, 15) is 4.79 Å². The molecule has 0 aliphatic rings. The van der Waals surface area contributed by atoms with Crippen LogP contribution in [0.2, 0.25) is 10.2 Å². The molecule has 0 atom stereocenters. The first kappa shape index (κ1) is 16.5. The number of hydrogen-bond donors (Lipinski definition) is 2. The lowest BCUT2D eigenvalue weighted by molar-refractivity contribution is 0.100. The summed E-state index contributed by atoms with van der Waals surface area (Å²) in [7, 11) is 1.98. The largest absolute Gasteiger partial charge is 0.368 e. The fourth-order valence-electron chi connectivity index (χ4n) is 2.64. The predicted octanol–water partition coefficient (Wildman–Crippen LogP) is 3.03. The fourth-order valence-corrected chi connectivity index (χ4v) is 2.96. The number of benzene rings is 1. The predicted molar refractivity (Wildman–Crippen MR) is 95.7 cm³/mol. The summed E-state index contributed by atoms with van der Waals surface area (Å²) >= 11 is 11.8. The standard InChI is InChI=1S/C16H15Cl2N5O/c1-23-8-9(11-3-2-10(17)6-13(11)23)4-5-20-16-12(15(19)24)7-14(18)21-22-16/h2-3,6-8H,4-5H2,1H3,(H2,19,24)(H,20,22). The Balaban J connectivity index is 1.77. The average molecular weight is 364 g/mol. The Labute approximate surface area is 148 Å². The fraction of sp³-hybridized carbons (Fsp3) is 0.188. The average Bonchev–Trinajstić information content (AvgIpc) is 2.84. The summed E-state index contributed by atoms with van der Waals surface area (Å²) in [6.07, 6.45) is 2.80. The number of halogens is 2. The number of aromatic nitrogens is 3. The smallest absolute Gasteiger partial charge is 0.252 e. The number of primary amides is 1. The van der Waals surface area contributed by atoms with E-state index in [0.717, 1.165) is 17.3 Å². The number of nitrogens with two attached hydrogens (primary N) is 1.